The Labute approximate surface area is 242 Å². The predicted octanol–water partition coefficient (Wildman–Crippen LogP) is 4.34. The van der Waals surface area contributed by atoms with Gasteiger partial charge in [0.2, 0.25) is 10.0 Å². The van der Waals surface area contributed by atoms with Crippen LogP contribution in [0.25, 0.3) is 21.5 Å². The smallest absolute Gasteiger partial charge is 0.337 e. The van der Waals surface area contributed by atoms with E-state index in [0.717, 1.165) is 15.8 Å². The number of thiazole rings is 1. The topological polar surface area (TPSA) is 121 Å². The fourth-order valence-corrected chi connectivity index (χ4v) is 6.17. The number of fused-ring (bicyclic) bond motifs is 2. The van der Waals surface area contributed by atoms with Crippen molar-refractivity contribution in [3.63, 3.8) is 0 Å². The molecule has 0 atom stereocenters. The zero-order valence-electron chi connectivity index (χ0n) is 23.0. The van der Waals surface area contributed by atoms with Gasteiger partial charge in [-0.2, -0.15) is 0 Å². The van der Waals surface area contributed by atoms with Crippen LogP contribution in [-0.4, -0.2) is 70.7 Å². The molecule has 12 heteroatoms. The van der Waals surface area contributed by atoms with Gasteiger partial charge in [0.15, 0.2) is 0 Å². The van der Waals surface area contributed by atoms with Crippen LogP contribution in [0.5, 0.6) is 0 Å². The lowest BCUT2D eigenvalue weighted by atomic mass is 9.98. The summed E-state index contributed by atoms with van der Waals surface area (Å²) in [6.45, 7) is 0.876. The van der Waals surface area contributed by atoms with Crippen molar-refractivity contribution in [1.29, 1.82) is 0 Å². The lowest BCUT2D eigenvalue weighted by Crippen LogP contribution is -2.35. The third kappa shape index (κ3) is 5.94. The van der Waals surface area contributed by atoms with E-state index in [2.05, 4.69) is 15.6 Å². The van der Waals surface area contributed by atoms with Crippen LogP contribution in [0.3, 0.4) is 0 Å². The predicted molar refractivity (Wildman–Crippen MR) is 164 cm³/mol. The summed E-state index contributed by atoms with van der Waals surface area (Å²) in [7, 11) is 1.59. The van der Waals surface area contributed by atoms with Gasteiger partial charge >= 0.3 is 5.97 Å². The number of likely N-dealkylation sites (N-methyl/N-ethyl adjacent to an activating group) is 1. The van der Waals surface area contributed by atoms with Crippen LogP contribution in [0.4, 0.5) is 17.1 Å². The fourth-order valence-electron chi connectivity index (χ4n) is 4.59. The van der Waals surface area contributed by atoms with E-state index in [1.54, 1.807) is 48.0 Å². The van der Waals surface area contributed by atoms with E-state index in [1.165, 1.54) is 29.0 Å². The summed E-state index contributed by atoms with van der Waals surface area (Å²) >= 11 is 1.52. The van der Waals surface area contributed by atoms with Crippen LogP contribution < -0.4 is 14.9 Å². The first-order valence-electron chi connectivity index (χ1n) is 12.7. The molecule has 1 aromatic heterocycles. The van der Waals surface area contributed by atoms with Gasteiger partial charge in [0.1, 0.15) is 0 Å². The molecule has 3 aromatic carbocycles. The van der Waals surface area contributed by atoms with Crippen molar-refractivity contribution in [3.8, 4) is 0 Å². The number of aromatic nitrogens is 1. The molecule has 0 spiro atoms. The summed E-state index contributed by atoms with van der Waals surface area (Å²) in [6, 6.07) is 17.7. The highest BCUT2D eigenvalue weighted by Gasteiger charge is 2.30. The maximum atomic E-state index is 13.4. The summed E-state index contributed by atoms with van der Waals surface area (Å²) in [5.74, 6) is -0.827. The second-order valence-electron chi connectivity index (χ2n) is 9.80. The van der Waals surface area contributed by atoms with Crippen molar-refractivity contribution in [3.05, 3.63) is 82.9 Å². The second-order valence-corrected chi connectivity index (χ2v) is 12.6. The number of rotatable bonds is 9. The SMILES string of the molecule is COC(=O)c1ccc2c(c1)NC(=O)C2=C(Nc1ccc(N(CCN(C)C)S(C)(=O)=O)cc1)c1ccc2scnc2c1. The first-order valence-corrected chi connectivity index (χ1v) is 15.4. The number of hydrogen-bond acceptors (Lipinski definition) is 9. The largest absolute Gasteiger partial charge is 0.465 e. The number of carbonyl (C=O) groups is 2. The molecule has 4 aromatic rings. The van der Waals surface area contributed by atoms with Gasteiger partial charge in [0, 0.05) is 29.9 Å². The van der Waals surface area contributed by atoms with E-state index >= 15 is 0 Å². The lowest BCUT2D eigenvalue weighted by Gasteiger charge is -2.24. The maximum absolute atomic E-state index is 13.4. The summed E-state index contributed by atoms with van der Waals surface area (Å²) in [5, 5.41) is 6.26. The Bertz CT molecular complexity index is 1780. The Morgan fingerprint density at radius 3 is 2.44 bits per heavy atom. The third-order valence-corrected chi connectivity index (χ3v) is 8.63. The van der Waals surface area contributed by atoms with Gasteiger partial charge in [-0.05, 0) is 62.6 Å². The van der Waals surface area contributed by atoms with Crippen LogP contribution in [0.1, 0.15) is 21.5 Å². The van der Waals surface area contributed by atoms with Crippen molar-refractivity contribution >= 4 is 71.8 Å². The minimum atomic E-state index is -3.49. The number of anilines is 3. The van der Waals surface area contributed by atoms with E-state index in [4.69, 9.17) is 4.74 Å². The van der Waals surface area contributed by atoms with Crippen molar-refractivity contribution < 1.29 is 22.7 Å². The number of methoxy groups -OCH3 is 1. The highest BCUT2D eigenvalue weighted by atomic mass is 32.2. The molecular formula is C29H29N5O5S2. The molecule has 0 aliphatic carbocycles. The van der Waals surface area contributed by atoms with E-state index < -0.39 is 16.0 Å². The Kier molecular flexibility index (Phi) is 7.80. The molecule has 0 saturated heterocycles. The van der Waals surface area contributed by atoms with E-state index in [1.807, 2.05) is 37.2 Å². The summed E-state index contributed by atoms with van der Waals surface area (Å²) in [6.07, 6.45) is 1.19. The maximum Gasteiger partial charge on any atom is 0.337 e. The number of esters is 1. The molecule has 10 nitrogen and oxygen atoms in total. The lowest BCUT2D eigenvalue weighted by molar-refractivity contribution is -0.110. The van der Waals surface area contributed by atoms with Crippen LogP contribution >= 0.6 is 11.3 Å². The Morgan fingerprint density at radius 2 is 1.76 bits per heavy atom. The highest BCUT2D eigenvalue weighted by molar-refractivity contribution is 7.92. The van der Waals surface area contributed by atoms with Crippen molar-refractivity contribution in [2.24, 2.45) is 0 Å². The minimum Gasteiger partial charge on any atom is -0.465 e. The molecule has 1 aliphatic rings. The van der Waals surface area contributed by atoms with Gasteiger partial charge in [-0.15, -0.1) is 11.3 Å². The molecule has 0 unspecified atom stereocenters. The summed E-state index contributed by atoms with van der Waals surface area (Å²) in [4.78, 5) is 31.8. The molecule has 0 bridgehead atoms. The normalized spacial score (nSPS) is 14.1. The minimum absolute atomic E-state index is 0.312. The quantitative estimate of drug-likeness (QED) is 0.218. The number of amides is 1. The average molecular weight is 592 g/mol. The van der Waals surface area contributed by atoms with E-state index in [0.29, 0.717) is 52.5 Å². The number of ether oxygens (including phenoxy) is 1. The van der Waals surface area contributed by atoms with Crippen molar-refractivity contribution in [2.75, 3.05) is 55.5 Å². The molecule has 0 radical (unpaired) electrons. The molecule has 1 aliphatic heterocycles. The van der Waals surface area contributed by atoms with Crippen LogP contribution in [-0.2, 0) is 19.6 Å². The van der Waals surface area contributed by atoms with E-state index in [9.17, 15) is 18.0 Å². The number of carbonyl (C=O) groups excluding carboxylic acids is 2. The van der Waals surface area contributed by atoms with Crippen LogP contribution in [0, 0.1) is 0 Å². The van der Waals surface area contributed by atoms with Gasteiger partial charge in [-0.1, -0.05) is 12.1 Å². The fraction of sp³-hybridized carbons (Fsp3) is 0.207. The van der Waals surface area contributed by atoms with Gasteiger partial charge in [0.05, 0.1) is 57.3 Å². The number of benzene rings is 3. The Hall–Kier alpha value is -4.26. The van der Waals surface area contributed by atoms with Gasteiger partial charge < -0.3 is 20.3 Å². The average Bonchev–Trinajstić information content (AvgIpc) is 3.53. The molecule has 41 heavy (non-hydrogen) atoms. The first kappa shape index (κ1) is 28.3. The highest BCUT2D eigenvalue weighted by Crippen LogP contribution is 2.39. The van der Waals surface area contributed by atoms with Gasteiger partial charge in [-0.3, -0.25) is 9.10 Å². The van der Waals surface area contributed by atoms with E-state index in [-0.39, 0.29) is 5.91 Å². The molecule has 5 rings (SSSR count). The third-order valence-electron chi connectivity index (χ3n) is 6.63. The zero-order valence-corrected chi connectivity index (χ0v) is 24.6. The van der Waals surface area contributed by atoms with Crippen LogP contribution in [0.15, 0.2) is 66.2 Å². The van der Waals surface area contributed by atoms with Crippen molar-refractivity contribution in [2.45, 2.75) is 0 Å². The molecule has 0 saturated carbocycles. The molecule has 2 N–H and O–H groups in total. The molecule has 2 heterocycles. The number of nitrogens with zero attached hydrogens (tertiary/aromatic N) is 3. The summed E-state index contributed by atoms with van der Waals surface area (Å²) < 4.78 is 32.2. The zero-order chi connectivity index (χ0) is 29.3. The summed E-state index contributed by atoms with van der Waals surface area (Å²) in [5.41, 5.74) is 6.91. The van der Waals surface area contributed by atoms with Gasteiger partial charge in [-0.25, -0.2) is 18.2 Å². The molecule has 212 valence electrons. The first-order chi connectivity index (χ1) is 19.5. The molecule has 1 amide bonds. The van der Waals surface area contributed by atoms with Gasteiger partial charge in [0.25, 0.3) is 5.91 Å². The second kappa shape index (κ2) is 11.3. The Balaban J connectivity index is 1.57. The number of hydrogen-bond donors (Lipinski definition) is 2. The van der Waals surface area contributed by atoms with Crippen LogP contribution in [0.2, 0.25) is 0 Å². The monoisotopic (exact) mass is 591 g/mol. The molecule has 0 fully saturated rings. The Morgan fingerprint density at radius 1 is 1.02 bits per heavy atom. The van der Waals surface area contributed by atoms with Crippen molar-refractivity contribution in [1.82, 2.24) is 9.88 Å². The molecular weight excluding hydrogens is 562 g/mol. The standard InChI is InChI=1S/C29H29N5O5S2/c1-33(2)13-14-34(41(4,37)38)21-9-7-20(8-10-21)31-27(18-6-12-25-24(15-18)30-17-40-25)26-22-11-5-19(29(36)39-3)16-23(22)32-28(26)35/h5-12,15-17,31H,13-14H2,1-4H3,(H,32,35). The number of nitrogens with one attached hydrogen (secondary N) is 2. The number of sulfonamides is 1.